The Morgan fingerprint density at radius 2 is 2.27 bits per heavy atom. The summed E-state index contributed by atoms with van der Waals surface area (Å²) in [5, 5.41) is 2.60. The summed E-state index contributed by atoms with van der Waals surface area (Å²) in [5.74, 6) is -0.136. The van der Waals surface area contributed by atoms with Crippen molar-refractivity contribution in [1.82, 2.24) is 5.32 Å². The molecule has 0 fully saturated rings. The molecule has 0 aliphatic carbocycles. The molecule has 0 radical (unpaired) electrons. The van der Waals surface area contributed by atoms with Gasteiger partial charge in [-0.1, -0.05) is 6.58 Å². The zero-order valence-corrected chi connectivity index (χ0v) is 7.53. The summed E-state index contributed by atoms with van der Waals surface area (Å²) < 4.78 is 0. The smallest absolute Gasteiger partial charge is 0.243 e. The van der Waals surface area contributed by atoms with Crippen molar-refractivity contribution >= 4 is 17.5 Å². The number of alkyl halides is 1. The molecule has 0 aliphatic rings. The highest BCUT2D eigenvalue weighted by Crippen LogP contribution is 1.70. The summed E-state index contributed by atoms with van der Waals surface area (Å²) in [6, 6.07) is 0. The van der Waals surface area contributed by atoms with E-state index in [0.29, 0.717) is 13.1 Å². The van der Waals surface area contributed by atoms with Crippen molar-refractivity contribution in [2.75, 3.05) is 19.5 Å². The maximum Gasteiger partial charge on any atom is 0.243 e. The van der Waals surface area contributed by atoms with Crippen LogP contribution in [0, 0.1) is 0 Å². The van der Waals surface area contributed by atoms with E-state index in [0.717, 1.165) is 6.42 Å². The number of hydrogen-bond donors (Lipinski definition) is 2. The Morgan fingerprint density at radius 1 is 1.73 bits per heavy atom. The van der Waals surface area contributed by atoms with Gasteiger partial charge in [0.25, 0.3) is 0 Å². The maximum absolute atomic E-state index is 10.4. The molecule has 3 nitrogen and oxygen atoms in total. The Bertz CT molecular complexity index is 107. The molecule has 3 N–H and O–H groups in total. The molecule has 0 bridgehead atoms. The summed E-state index contributed by atoms with van der Waals surface area (Å²) >= 11 is 4.64. The minimum Gasteiger partial charge on any atom is -0.353 e. The molecule has 0 aromatic rings. The van der Waals surface area contributed by atoms with Crippen LogP contribution in [0.3, 0.4) is 0 Å². The van der Waals surface area contributed by atoms with Crippen molar-refractivity contribution in [1.29, 1.82) is 0 Å². The lowest BCUT2D eigenvalue weighted by Gasteiger charge is -1.97. The lowest BCUT2D eigenvalue weighted by molar-refractivity contribution is -0.116. The molecule has 0 unspecified atom stereocenters. The highest BCUT2D eigenvalue weighted by molar-refractivity contribution is 6.15. The molecule has 0 atom stereocenters. The number of amides is 1. The Morgan fingerprint density at radius 3 is 2.64 bits per heavy atom. The van der Waals surface area contributed by atoms with Gasteiger partial charge in [-0.25, -0.2) is 0 Å². The summed E-state index contributed by atoms with van der Waals surface area (Å²) in [7, 11) is 0. The van der Waals surface area contributed by atoms with E-state index < -0.39 is 0 Å². The first kappa shape index (κ1) is 13.1. The highest BCUT2D eigenvalue weighted by Gasteiger charge is 1.88. The van der Waals surface area contributed by atoms with Gasteiger partial charge in [-0.15, -0.1) is 11.6 Å². The van der Waals surface area contributed by atoms with Crippen molar-refractivity contribution in [2.45, 2.75) is 6.42 Å². The Labute approximate surface area is 72.6 Å². The quantitative estimate of drug-likeness (QED) is 0.374. The second-order valence-corrected chi connectivity index (χ2v) is 1.64. The van der Waals surface area contributed by atoms with Crippen LogP contribution in [0.1, 0.15) is 6.42 Å². The highest BCUT2D eigenvalue weighted by atomic mass is 35.5. The monoisotopic (exact) mass is 178 g/mol. The molecular formula is C7H15ClN2O. The lowest BCUT2D eigenvalue weighted by Crippen LogP contribution is -2.23. The van der Waals surface area contributed by atoms with Gasteiger partial charge in [-0.2, -0.15) is 0 Å². The summed E-state index contributed by atoms with van der Waals surface area (Å²) in [6.45, 7) is 4.54. The van der Waals surface area contributed by atoms with Crippen molar-refractivity contribution < 1.29 is 4.79 Å². The van der Waals surface area contributed by atoms with Gasteiger partial charge in [0.05, 0.1) is 0 Å². The third-order valence-corrected chi connectivity index (χ3v) is 0.866. The van der Waals surface area contributed by atoms with Gasteiger partial charge in [-0.05, 0) is 19.0 Å². The predicted molar refractivity (Wildman–Crippen MR) is 48.7 cm³/mol. The molecular weight excluding hydrogens is 164 g/mol. The van der Waals surface area contributed by atoms with E-state index in [1.54, 1.807) is 0 Å². The number of carbonyl (C=O) groups excluding carboxylic acids is 1. The summed E-state index contributed by atoms with van der Waals surface area (Å²) in [4.78, 5) is 10.4. The summed E-state index contributed by atoms with van der Waals surface area (Å²) in [5.41, 5.74) is 5.18. The number of rotatable bonds is 4. The molecule has 4 heteroatoms. The molecule has 0 rings (SSSR count). The number of carbonyl (C=O) groups is 1. The number of halogens is 1. The molecule has 11 heavy (non-hydrogen) atoms. The third kappa shape index (κ3) is 12.6. The van der Waals surface area contributed by atoms with Gasteiger partial charge in [-0.3, -0.25) is 4.79 Å². The summed E-state index contributed by atoms with van der Waals surface area (Å²) in [6.07, 6.45) is 3.54. The predicted octanol–water partition coefficient (Wildman–Crippen LogP) is 0.492. The second kappa shape index (κ2) is 12.2. The average Bonchev–Trinajstić information content (AvgIpc) is 2.08. The molecule has 1 amide bonds. The van der Waals surface area contributed by atoms with E-state index in [2.05, 4.69) is 23.5 Å². The van der Waals surface area contributed by atoms with Crippen molar-refractivity contribution in [3.05, 3.63) is 12.7 Å². The van der Waals surface area contributed by atoms with E-state index in [1.807, 2.05) is 0 Å². The van der Waals surface area contributed by atoms with Gasteiger partial charge in [0.15, 0.2) is 0 Å². The van der Waals surface area contributed by atoms with E-state index in [4.69, 9.17) is 5.73 Å². The van der Waals surface area contributed by atoms with Gasteiger partial charge >= 0.3 is 0 Å². The minimum atomic E-state index is -0.136. The van der Waals surface area contributed by atoms with Crippen LogP contribution in [0.2, 0.25) is 0 Å². The van der Waals surface area contributed by atoms with Gasteiger partial charge < -0.3 is 11.1 Å². The number of nitrogens with one attached hydrogen (secondary N) is 1. The Hall–Kier alpha value is -0.540. The van der Waals surface area contributed by atoms with Crippen LogP contribution in [0.25, 0.3) is 0 Å². The minimum absolute atomic E-state index is 0.136. The SMILES string of the molecule is C=CC(=O)NCCCN.CCl. The fourth-order valence-corrected chi connectivity index (χ4v) is 0.386. The van der Waals surface area contributed by atoms with E-state index in [9.17, 15) is 4.79 Å². The van der Waals surface area contributed by atoms with Crippen LogP contribution in [-0.4, -0.2) is 25.4 Å². The Kier molecular flexibility index (Phi) is 14.5. The van der Waals surface area contributed by atoms with E-state index in [-0.39, 0.29) is 5.91 Å². The first-order valence-corrected chi connectivity index (χ1v) is 4.05. The molecule has 0 aromatic heterocycles. The topological polar surface area (TPSA) is 55.1 Å². The van der Waals surface area contributed by atoms with Crippen molar-refractivity contribution in [3.8, 4) is 0 Å². The first-order chi connectivity index (χ1) is 5.31. The van der Waals surface area contributed by atoms with Crippen LogP contribution in [0.4, 0.5) is 0 Å². The molecule has 66 valence electrons. The average molecular weight is 179 g/mol. The molecule has 0 heterocycles. The molecule has 0 spiro atoms. The van der Waals surface area contributed by atoms with Crippen LogP contribution in [0.5, 0.6) is 0 Å². The van der Waals surface area contributed by atoms with Crippen LogP contribution in [0.15, 0.2) is 12.7 Å². The maximum atomic E-state index is 10.4. The molecule has 0 aliphatic heterocycles. The third-order valence-electron chi connectivity index (χ3n) is 0.866. The zero-order chi connectivity index (χ0) is 9.11. The van der Waals surface area contributed by atoms with Crippen molar-refractivity contribution in [2.24, 2.45) is 5.73 Å². The molecule has 0 saturated carbocycles. The van der Waals surface area contributed by atoms with E-state index >= 15 is 0 Å². The van der Waals surface area contributed by atoms with Crippen LogP contribution >= 0.6 is 11.6 Å². The number of hydrogen-bond acceptors (Lipinski definition) is 2. The number of nitrogens with two attached hydrogens (primary N) is 1. The standard InChI is InChI=1S/C6H12N2O.CH3Cl/c1-2-6(9)8-5-3-4-7;1-2/h2H,1,3-5,7H2,(H,8,9);1H3. The van der Waals surface area contributed by atoms with E-state index in [1.165, 1.54) is 12.5 Å². The Balaban J connectivity index is 0. The lowest BCUT2D eigenvalue weighted by atomic mass is 10.4. The normalized spacial score (nSPS) is 7.55. The fraction of sp³-hybridized carbons (Fsp3) is 0.571. The molecule has 0 saturated heterocycles. The fourth-order valence-electron chi connectivity index (χ4n) is 0.386. The van der Waals surface area contributed by atoms with Gasteiger partial charge in [0, 0.05) is 12.9 Å². The van der Waals surface area contributed by atoms with Crippen LogP contribution < -0.4 is 11.1 Å². The second-order valence-electron chi connectivity index (χ2n) is 1.64. The first-order valence-electron chi connectivity index (χ1n) is 3.29. The van der Waals surface area contributed by atoms with Gasteiger partial charge in [0.2, 0.25) is 5.91 Å². The molecule has 0 aromatic carbocycles. The zero-order valence-electron chi connectivity index (χ0n) is 6.77. The van der Waals surface area contributed by atoms with Crippen molar-refractivity contribution in [3.63, 3.8) is 0 Å². The van der Waals surface area contributed by atoms with Gasteiger partial charge in [0.1, 0.15) is 0 Å². The largest absolute Gasteiger partial charge is 0.353 e. The van der Waals surface area contributed by atoms with Crippen LogP contribution in [-0.2, 0) is 4.79 Å².